The van der Waals surface area contributed by atoms with Crippen molar-refractivity contribution >= 4 is 35.3 Å². The molecule has 0 atom stereocenters. The Labute approximate surface area is 162 Å². The summed E-state index contributed by atoms with van der Waals surface area (Å²) in [5.41, 5.74) is 4.94. The van der Waals surface area contributed by atoms with Gasteiger partial charge in [-0.3, -0.25) is 4.79 Å². The van der Waals surface area contributed by atoms with Crippen LogP contribution in [0.5, 0.6) is 0 Å². The third-order valence-corrected chi connectivity index (χ3v) is 4.56. The van der Waals surface area contributed by atoms with E-state index in [1.807, 2.05) is 60.7 Å². The Bertz CT molecular complexity index is 852. The maximum absolute atomic E-state index is 12.8. The van der Waals surface area contributed by atoms with Gasteiger partial charge in [-0.1, -0.05) is 89.9 Å². The first kappa shape index (κ1) is 18.2. The number of rotatable bonds is 5. The number of carbonyl (C=O) groups excluding carboxylic acids is 1. The molecule has 3 aromatic rings. The highest BCUT2D eigenvalue weighted by Crippen LogP contribution is 2.25. The summed E-state index contributed by atoms with van der Waals surface area (Å²) in [7, 11) is 0. The fourth-order valence-electron chi connectivity index (χ4n) is 2.65. The van der Waals surface area contributed by atoms with Crippen molar-refractivity contribution in [2.24, 2.45) is 5.10 Å². The molecule has 0 unspecified atom stereocenters. The van der Waals surface area contributed by atoms with Crippen molar-refractivity contribution in [2.45, 2.75) is 5.92 Å². The third kappa shape index (κ3) is 4.31. The molecule has 0 aliphatic heterocycles. The van der Waals surface area contributed by atoms with Crippen molar-refractivity contribution in [3.63, 3.8) is 0 Å². The quantitative estimate of drug-likeness (QED) is 0.473. The Morgan fingerprint density at radius 3 is 1.81 bits per heavy atom. The van der Waals surface area contributed by atoms with Crippen molar-refractivity contribution in [3.8, 4) is 0 Å². The van der Waals surface area contributed by atoms with Crippen LogP contribution in [0.4, 0.5) is 0 Å². The van der Waals surface area contributed by atoms with Gasteiger partial charge in [0.05, 0.1) is 22.2 Å². The zero-order valence-corrected chi connectivity index (χ0v) is 15.3. The van der Waals surface area contributed by atoms with E-state index in [0.29, 0.717) is 15.6 Å². The summed E-state index contributed by atoms with van der Waals surface area (Å²) in [4.78, 5) is 12.8. The molecule has 3 rings (SSSR count). The largest absolute Gasteiger partial charge is 0.272 e. The summed E-state index contributed by atoms with van der Waals surface area (Å²) >= 11 is 12.2. The number of benzene rings is 3. The van der Waals surface area contributed by atoms with Gasteiger partial charge in [-0.15, -0.1) is 0 Å². The lowest BCUT2D eigenvalue weighted by atomic mass is 9.91. The van der Waals surface area contributed by atoms with Crippen molar-refractivity contribution in [1.29, 1.82) is 0 Å². The van der Waals surface area contributed by atoms with E-state index in [0.717, 1.165) is 11.1 Å². The van der Waals surface area contributed by atoms with Crippen LogP contribution in [0.25, 0.3) is 0 Å². The van der Waals surface area contributed by atoms with Gasteiger partial charge in [0, 0.05) is 5.56 Å². The van der Waals surface area contributed by atoms with E-state index in [4.69, 9.17) is 23.2 Å². The SMILES string of the molecule is O=C(NN=Cc1c(Cl)cccc1Cl)C(c1ccccc1)c1ccccc1. The second-order valence-electron chi connectivity index (χ2n) is 5.62. The number of hydrazone groups is 1. The molecule has 0 aliphatic carbocycles. The number of hydrogen-bond donors (Lipinski definition) is 1. The Morgan fingerprint density at radius 1 is 0.808 bits per heavy atom. The molecule has 0 saturated carbocycles. The van der Waals surface area contributed by atoms with Crippen LogP contribution in [0.3, 0.4) is 0 Å². The van der Waals surface area contributed by atoms with E-state index >= 15 is 0 Å². The van der Waals surface area contributed by atoms with Crippen LogP contribution in [-0.4, -0.2) is 12.1 Å². The van der Waals surface area contributed by atoms with Crippen molar-refractivity contribution in [1.82, 2.24) is 5.43 Å². The Morgan fingerprint density at radius 2 is 1.31 bits per heavy atom. The molecule has 26 heavy (non-hydrogen) atoms. The van der Waals surface area contributed by atoms with Gasteiger partial charge in [0.1, 0.15) is 0 Å². The molecule has 3 nitrogen and oxygen atoms in total. The van der Waals surface area contributed by atoms with Crippen molar-refractivity contribution in [2.75, 3.05) is 0 Å². The average Bonchev–Trinajstić information content (AvgIpc) is 2.66. The van der Waals surface area contributed by atoms with Gasteiger partial charge in [-0.05, 0) is 23.3 Å². The first-order chi connectivity index (χ1) is 12.7. The number of carbonyl (C=O) groups is 1. The Hall–Kier alpha value is -2.62. The lowest BCUT2D eigenvalue weighted by molar-refractivity contribution is -0.121. The van der Waals surface area contributed by atoms with Crippen LogP contribution in [0.1, 0.15) is 22.6 Å². The summed E-state index contributed by atoms with van der Waals surface area (Å²) < 4.78 is 0. The molecule has 130 valence electrons. The van der Waals surface area contributed by atoms with Crippen molar-refractivity contribution in [3.05, 3.63) is 106 Å². The van der Waals surface area contributed by atoms with Gasteiger partial charge in [0.25, 0.3) is 5.91 Å². The van der Waals surface area contributed by atoms with E-state index < -0.39 is 5.92 Å². The zero-order chi connectivity index (χ0) is 18.4. The maximum atomic E-state index is 12.8. The van der Waals surface area contributed by atoms with Crippen LogP contribution in [0.15, 0.2) is 84.0 Å². The van der Waals surface area contributed by atoms with E-state index in [9.17, 15) is 4.79 Å². The molecule has 0 radical (unpaired) electrons. The van der Waals surface area contributed by atoms with E-state index in [1.54, 1.807) is 18.2 Å². The maximum Gasteiger partial charge on any atom is 0.252 e. The summed E-state index contributed by atoms with van der Waals surface area (Å²) in [6.45, 7) is 0. The fraction of sp³-hybridized carbons (Fsp3) is 0.0476. The van der Waals surface area contributed by atoms with Gasteiger partial charge in [-0.25, -0.2) is 5.43 Å². The van der Waals surface area contributed by atoms with E-state index in [-0.39, 0.29) is 5.91 Å². The van der Waals surface area contributed by atoms with Crippen LogP contribution in [0.2, 0.25) is 10.0 Å². The number of amides is 1. The minimum absolute atomic E-state index is 0.234. The first-order valence-corrected chi connectivity index (χ1v) is 8.79. The highest BCUT2D eigenvalue weighted by molar-refractivity contribution is 6.38. The van der Waals surface area contributed by atoms with Crippen LogP contribution >= 0.6 is 23.2 Å². The number of nitrogens with one attached hydrogen (secondary N) is 1. The van der Waals surface area contributed by atoms with Gasteiger partial charge in [0.2, 0.25) is 0 Å². The van der Waals surface area contributed by atoms with Gasteiger partial charge >= 0.3 is 0 Å². The normalized spacial score (nSPS) is 11.0. The third-order valence-electron chi connectivity index (χ3n) is 3.90. The molecule has 0 heterocycles. The van der Waals surface area contributed by atoms with Gasteiger partial charge in [-0.2, -0.15) is 5.10 Å². The van der Waals surface area contributed by atoms with Crippen LogP contribution in [-0.2, 0) is 4.79 Å². The zero-order valence-electron chi connectivity index (χ0n) is 13.8. The monoisotopic (exact) mass is 382 g/mol. The molecule has 3 aromatic carbocycles. The molecule has 5 heteroatoms. The summed E-state index contributed by atoms with van der Waals surface area (Å²) in [5, 5.41) is 4.98. The molecular weight excluding hydrogens is 367 g/mol. The predicted molar refractivity (Wildman–Crippen MR) is 107 cm³/mol. The van der Waals surface area contributed by atoms with Gasteiger partial charge < -0.3 is 0 Å². The predicted octanol–water partition coefficient (Wildman–Crippen LogP) is 5.28. The Balaban J connectivity index is 1.84. The second-order valence-corrected chi connectivity index (χ2v) is 6.44. The molecule has 0 spiro atoms. The standard InChI is InChI=1S/C21H16Cl2N2O/c22-18-12-7-13-19(23)17(18)14-24-25-21(26)20(15-8-3-1-4-9-15)16-10-5-2-6-11-16/h1-14,20H,(H,25,26). The van der Waals surface area contributed by atoms with Gasteiger partial charge in [0.15, 0.2) is 0 Å². The number of nitrogens with zero attached hydrogens (tertiary/aromatic N) is 1. The van der Waals surface area contributed by atoms with Crippen molar-refractivity contribution < 1.29 is 4.79 Å². The second kappa shape index (κ2) is 8.65. The number of hydrogen-bond acceptors (Lipinski definition) is 2. The Kier molecular flexibility index (Phi) is 6.05. The molecule has 0 fully saturated rings. The van der Waals surface area contributed by atoms with E-state index in [2.05, 4.69) is 10.5 Å². The minimum Gasteiger partial charge on any atom is -0.272 e. The highest BCUT2D eigenvalue weighted by atomic mass is 35.5. The molecular formula is C21H16Cl2N2O. The van der Waals surface area contributed by atoms with Crippen LogP contribution in [0, 0.1) is 0 Å². The summed E-state index contributed by atoms with van der Waals surface area (Å²) in [6.07, 6.45) is 1.45. The molecule has 0 aliphatic rings. The molecule has 0 bridgehead atoms. The number of halogens is 2. The topological polar surface area (TPSA) is 41.5 Å². The van der Waals surface area contributed by atoms with Crippen LogP contribution < -0.4 is 5.43 Å². The first-order valence-electron chi connectivity index (χ1n) is 8.03. The summed E-state index contributed by atoms with van der Waals surface area (Å²) in [6, 6.07) is 24.3. The minimum atomic E-state index is -0.462. The lowest BCUT2D eigenvalue weighted by Gasteiger charge is -2.16. The molecule has 0 aromatic heterocycles. The van der Waals surface area contributed by atoms with E-state index in [1.165, 1.54) is 6.21 Å². The average molecular weight is 383 g/mol. The molecule has 0 saturated heterocycles. The highest BCUT2D eigenvalue weighted by Gasteiger charge is 2.22. The smallest absolute Gasteiger partial charge is 0.252 e. The lowest BCUT2D eigenvalue weighted by Crippen LogP contribution is -2.26. The fourth-order valence-corrected chi connectivity index (χ4v) is 3.14. The molecule has 1 N–H and O–H groups in total. The molecule has 1 amide bonds. The summed E-state index contributed by atoms with van der Waals surface area (Å²) in [5.74, 6) is -0.696.